The summed E-state index contributed by atoms with van der Waals surface area (Å²) in [6, 6.07) is 2.13. The van der Waals surface area contributed by atoms with E-state index in [1.54, 1.807) is 20.0 Å². The summed E-state index contributed by atoms with van der Waals surface area (Å²) in [5.74, 6) is -5.26. The number of rotatable bonds is 15. The summed E-state index contributed by atoms with van der Waals surface area (Å²) >= 11 is 0. The molecule has 38 heavy (non-hydrogen) atoms. The normalized spacial score (nSPS) is 15.1. The molecule has 0 aliphatic carbocycles. The number of carboxylic acids is 2. The van der Waals surface area contributed by atoms with Crippen LogP contribution in [0.4, 0.5) is 0 Å². The first-order valence-electron chi connectivity index (χ1n) is 12.3. The molecule has 9 N–H and O–H groups in total. The number of carbonyl (C=O) groups is 5. The van der Waals surface area contributed by atoms with Gasteiger partial charge in [-0.3, -0.25) is 19.2 Å². The number of hydrogen-bond donors (Lipinski definition) is 8. The second kappa shape index (κ2) is 14.1. The molecule has 0 aliphatic rings. The van der Waals surface area contributed by atoms with Crippen molar-refractivity contribution in [1.82, 2.24) is 20.9 Å². The summed E-state index contributed by atoms with van der Waals surface area (Å²) in [5.41, 5.74) is 7.15. The number of benzene rings is 1. The summed E-state index contributed by atoms with van der Waals surface area (Å²) < 4.78 is 0. The molecule has 0 fully saturated rings. The van der Waals surface area contributed by atoms with E-state index in [-0.39, 0.29) is 19.3 Å². The molecule has 5 unspecified atom stereocenters. The van der Waals surface area contributed by atoms with Gasteiger partial charge in [0.05, 0.1) is 12.6 Å². The number of H-pyrrole nitrogens is 1. The van der Waals surface area contributed by atoms with Crippen molar-refractivity contribution in [2.75, 3.05) is 6.61 Å². The van der Waals surface area contributed by atoms with E-state index in [4.69, 9.17) is 10.8 Å². The number of carbonyl (C=O) groups excluding carboxylic acids is 3. The number of aromatic nitrogens is 1. The first-order chi connectivity index (χ1) is 18.0. The number of aromatic amines is 1. The van der Waals surface area contributed by atoms with Crippen LogP contribution in [-0.4, -0.2) is 80.7 Å². The van der Waals surface area contributed by atoms with Crippen LogP contribution in [-0.2, 0) is 30.4 Å². The standard InChI is InChI=1S/C25H35N5O8/c1-3-13(2)21(25(37)38)30-23(35)18(10-14-11-27-17-7-5-4-6-15(14)17)28-24(36)19(12-31)29-22(34)16(26)8-9-20(32)33/h4-7,11,13,16,18-19,21,27,31H,3,8-10,12,26H2,1-2H3,(H,28,36)(H,29,34)(H,30,35)(H,32,33)(H,37,38). The fourth-order valence-electron chi connectivity index (χ4n) is 3.82. The van der Waals surface area contributed by atoms with Gasteiger partial charge in [0.25, 0.3) is 0 Å². The lowest BCUT2D eigenvalue weighted by molar-refractivity contribution is -0.144. The van der Waals surface area contributed by atoms with E-state index < -0.39 is 66.4 Å². The molecule has 1 aromatic carbocycles. The van der Waals surface area contributed by atoms with Crippen LogP contribution in [0.15, 0.2) is 30.5 Å². The molecule has 1 aromatic heterocycles. The Labute approximate surface area is 219 Å². The number of fused-ring (bicyclic) bond motifs is 1. The van der Waals surface area contributed by atoms with Crippen LogP contribution in [0.3, 0.4) is 0 Å². The van der Waals surface area contributed by atoms with Crippen LogP contribution in [0.25, 0.3) is 10.9 Å². The molecule has 0 saturated heterocycles. The number of aliphatic hydroxyl groups is 1. The second-order valence-electron chi connectivity index (χ2n) is 9.12. The highest BCUT2D eigenvalue weighted by Crippen LogP contribution is 2.19. The third-order valence-corrected chi connectivity index (χ3v) is 6.33. The fourth-order valence-corrected chi connectivity index (χ4v) is 3.82. The number of para-hydroxylation sites is 1. The zero-order chi connectivity index (χ0) is 28.4. The van der Waals surface area contributed by atoms with Gasteiger partial charge >= 0.3 is 11.9 Å². The molecular weight excluding hydrogens is 498 g/mol. The van der Waals surface area contributed by atoms with Crippen LogP contribution in [0.1, 0.15) is 38.7 Å². The molecule has 0 spiro atoms. The van der Waals surface area contributed by atoms with E-state index >= 15 is 0 Å². The Balaban J connectivity index is 2.25. The van der Waals surface area contributed by atoms with Crippen molar-refractivity contribution in [3.63, 3.8) is 0 Å². The average Bonchev–Trinajstić information content (AvgIpc) is 3.30. The lowest BCUT2D eigenvalue weighted by Gasteiger charge is -2.26. The minimum Gasteiger partial charge on any atom is -0.481 e. The first-order valence-corrected chi connectivity index (χ1v) is 12.3. The lowest BCUT2D eigenvalue weighted by Crippen LogP contribution is -2.59. The van der Waals surface area contributed by atoms with Crippen LogP contribution < -0.4 is 21.7 Å². The summed E-state index contributed by atoms with van der Waals surface area (Å²) in [5, 5.41) is 36.1. The fraction of sp³-hybridized carbons (Fsp3) is 0.480. The number of hydrogen-bond acceptors (Lipinski definition) is 7. The molecule has 3 amide bonds. The van der Waals surface area contributed by atoms with Crippen molar-refractivity contribution in [2.45, 2.75) is 63.7 Å². The first kappa shape index (κ1) is 30.3. The molecule has 13 heteroatoms. The summed E-state index contributed by atoms with van der Waals surface area (Å²) in [4.78, 5) is 64.1. The van der Waals surface area contributed by atoms with Gasteiger partial charge in [0.2, 0.25) is 17.7 Å². The molecule has 0 aliphatic heterocycles. The molecule has 0 saturated carbocycles. The highest BCUT2D eigenvalue weighted by molar-refractivity contribution is 5.95. The van der Waals surface area contributed by atoms with Gasteiger partial charge in [0.15, 0.2) is 0 Å². The van der Waals surface area contributed by atoms with Crippen molar-refractivity contribution in [3.8, 4) is 0 Å². The maximum absolute atomic E-state index is 13.2. The molecule has 208 valence electrons. The van der Waals surface area contributed by atoms with Gasteiger partial charge in [0, 0.05) is 29.9 Å². The van der Waals surface area contributed by atoms with Crippen molar-refractivity contribution in [2.24, 2.45) is 11.7 Å². The van der Waals surface area contributed by atoms with Gasteiger partial charge < -0.3 is 42.0 Å². The van der Waals surface area contributed by atoms with E-state index in [2.05, 4.69) is 20.9 Å². The predicted octanol–water partition coefficient (Wildman–Crippen LogP) is -0.520. The molecule has 0 bridgehead atoms. The van der Waals surface area contributed by atoms with Crippen LogP contribution in [0, 0.1) is 5.92 Å². The van der Waals surface area contributed by atoms with Gasteiger partial charge in [-0.2, -0.15) is 0 Å². The average molecular weight is 534 g/mol. The topological polar surface area (TPSA) is 224 Å². The highest BCUT2D eigenvalue weighted by atomic mass is 16.4. The van der Waals surface area contributed by atoms with E-state index in [0.29, 0.717) is 12.0 Å². The van der Waals surface area contributed by atoms with Crippen molar-refractivity contribution in [3.05, 3.63) is 36.0 Å². The summed E-state index contributed by atoms with van der Waals surface area (Å²) in [6.45, 7) is 2.64. The molecular formula is C25H35N5O8. The van der Waals surface area contributed by atoms with Crippen molar-refractivity contribution < 1.29 is 39.3 Å². The highest BCUT2D eigenvalue weighted by Gasteiger charge is 2.32. The minimum absolute atomic E-state index is 0.0152. The molecule has 13 nitrogen and oxygen atoms in total. The van der Waals surface area contributed by atoms with Gasteiger partial charge in [-0.1, -0.05) is 38.5 Å². The van der Waals surface area contributed by atoms with Crippen LogP contribution in [0.2, 0.25) is 0 Å². The zero-order valence-corrected chi connectivity index (χ0v) is 21.3. The van der Waals surface area contributed by atoms with Crippen LogP contribution >= 0.6 is 0 Å². The zero-order valence-electron chi connectivity index (χ0n) is 21.3. The molecule has 1 heterocycles. The molecule has 0 radical (unpaired) electrons. The van der Waals surface area contributed by atoms with Gasteiger partial charge in [-0.15, -0.1) is 0 Å². The SMILES string of the molecule is CCC(C)C(NC(=O)C(Cc1c[nH]c2ccccc12)NC(=O)C(CO)NC(=O)C(N)CCC(=O)O)C(=O)O. The van der Waals surface area contributed by atoms with E-state index in [1.807, 2.05) is 24.3 Å². The number of nitrogens with one attached hydrogen (secondary N) is 4. The van der Waals surface area contributed by atoms with Gasteiger partial charge in [0.1, 0.15) is 18.1 Å². The number of aliphatic hydroxyl groups excluding tert-OH is 1. The number of amides is 3. The molecule has 2 rings (SSSR count). The van der Waals surface area contributed by atoms with E-state index in [1.165, 1.54) is 0 Å². The van der Waals surface area contributed by atoms with Crippen molar-refractivity contribution in [1.29, 1.82) is 0 Å². The monoisotopic (exact) mass is 533 g/mol. The second-order valence-corrected chi connectivity index (χ2v) is 9.12. The third-order valence-electron chi connectivity index (χ3n) is 6.33. The summed E-state index contributed by atoms with van der Waals surface area (Å²) in [6.07, 6.45) is 1.60. The number of nitrogens with two attached hydrogens (primary N) is 1. The smallest absolute Gasteiger partial charge is 0.326 e. The third kappa shape index (κ3) is 8.28. The van der Waals surface area contributed by atoms with Crippen molar-refractivity contribution >= 4 is 40.6 Å². The predicted molar refractivity (Wildman–Crippen MR) is 137 cm³/mol. The number of aliphatic carboxylic acids is 2. The lowest BCUT2D eigenvalue weighted by atomic mass is 9.98. The Hall–Kier alpha value is -3.97. The largest absolute Gasteiger partial charge is 0.481 e. The quantitative estimate of drug-likeness (QED) is 0.147. The summed E-state index contributed by atoms with van der Waals surface area (Å²) in [7, 11) is 0. The van der Waals surface area contributed by atoms with Crippen LogP contribution in [0.5, 0.6) is 0 Å². The Kier molecular flexibility index (Phi) is 11.2. The maximum Gasteiger partial charge on any atom is 0.326 e. The van der Waals surface area contributed by atoms with Gasteiger partial charge in [-0.25, -0.2) is 4.79 Å². The van der Waals surface area contributed by atoms with E-state index in [0.717, 1.165) is 10.9 Å². The number of carboxylic acid groups (broad SMARTS) is 2. The Morgan fingerprint density at radius 3 is 2.21 bits per heavy atom. The molecule has 2 aromatic rings. The van der Waals surface area contributed by atoms with Gasteiger partial charge in [-0.05, 0) is 24.0 Å². The Bertz CT molecular complexity index is 1150. The molecule has 5 atom stereocenters. The van der Waals surface area contributed by atoms with E-state index in [9.17, 15) is 34.2 Å². The Morgan fingerprint density at radius 1 is 0.974 bits per heavy atom. The maximum atomic E-state index is 13.2. The minimum atomic E-state index is -1.48. The Morgan fingerprint density at radius 2 is 1.61 bits per heavy atom.